The number of aromatic nitrogens is 1. The van der Waals surface area contributed by atoms with Gasteiger partial charge in [-0.25, -0.2) is 9.37 Å². The minimum atomic E-state index is -0.309. The van der Waals surface area contributed by atoms with Crippen LogP contribution in [0.1, 0.15) is 0 Å². The molecule has 2 aromatic rings. The average molecular weight is 316 g/mol. The summed E-state index contributed by atoms with van der Waals surface area (Å²) in [5.74, 6) is 0.204. The van der Waals surface area contributed by atoms with Crippen molar-refractivity contribution >= 4 is 39.0 Å². The number of hydrogen-bond acceptors (Lipinski definition) is 2. The number of rotatable bonds is 2. The molecule has 0 aliphatic carbocycles. The summed E-state index contributed by atoms with van der Waals surface area (Å²) < 4.78 is 14.4. The number of benzene rings is 1. The van der Waals surface area contributed by atoms with Gasteiger partial charge in [0.15, 0.2) is 5.82 Å². The highest BCUT2D eigenvalue weighted by Crippen LogP contribution is 2.31. The Morgan fingerprint density at radius 3 is 2.71 bits per heavy atom. The summed E-state index contributed by atoms with van der Waals surface area (Å²) in [7, 11) is 1.72. The molecule has 2 nitrogen and oxygen atoms in total. The molecule has 0 spiro atoms. The van der Waals surface area contributed by atoms with Crippen LogP contribution >= 0.6 is 27.5 Å². The molecule has 0 aliphatic rings. The van der Waals surface area contributed by atoms with E-state index in [1.165, 1.54) is 6.07 Å². The molecular formula is C12H9BrClFN2. The van der Waals surface area contributed by atoms with Crippen molar-refractivity contribution in [1.82, 2.24) is 4.98 Å². The Hall–Kier alpha value is -1.13. The number of nitrogens with zero attached hydrogens (tertiary/aromatic N) is 2. The van der Waals surface area contributed by atoms with Gasteiger partial charge in [0.2, 0.25) is 0 Å². The van der Waals surface area contributed by atoms with Gasteiger partial charge in [-0.3, -0.25) is 0 Å². The zero-order valence-corrected chi connectivity index (χ0v) is 11.3. The van der Waals surface area contributed by atoms with Crippen LogP contribution in [0, 0.1) is 5.82 Å². The summed E-state index contributed by atoms with van der Waals surface area (Å²) in [6.45, 7) is 0. The second-order valence-electron chi connectivity index (χ2n) is 3.47. The van der Waals surface area contributed by atoms with Gasteiger partial charge >= 0.3 is 0 Å². The van der Waals surface area contributed by atoms with Gasteiger partial charge in [-0.05, 0) is 34.1 Å². The van der Waals surface area contributed by atoms with Crippen molar-refractivity contribution in [1.29, 1.82) is 0 Å². The molecule has 88 valence electrons. The van der Waals surface area contributed by atoms with E-state index in [4.69, 9.17) is 11.6 Å². The quantitative estimate of drug-likeness (QED) is 0.816. The molecule has 0 amide bonds. The third-order valence-corrected chi connectivity index (χ3v) is 3.03. The normalized spacial score (nSPS) is 10.4. The van der Waals surface area contributed by atoms with Crippen LogP contribution < -0.4 is 4.90 Å². The highest BCUT2D eigenvalue weighted by molar-refractivity contribution is 9.10. The van der Waals surface area contributed by atoms with E-state index in [1.54, 1.807) is 42.4 Å². The van der Waals surface area contributed by atoms with E-state index in [0.717, 1.165) is 4.47 Å². The summed E-state index contributed by atoms with van der Waals surface area (Å²) in [5, 5.41) is 0.463. The predicted octanol–water partition coefficient (Wildman–Crippen LogP) is 4.40. The SMILES string of the molecule is CN(c1ccccc1F)c1ncc(Br)cc1Cl. The van der Waals surface area contributed by atoms with Crippen LogP contribution in [-0.4, -0.2) is 12.0 Å². The van der Waals surface area contributed by atoms with E-state index in [2.05, 4.69) is 20.9 Å². The number of anilines is 2. The van der Waals surface area contributed by atoms with Crippen LogP contribution in [0.2, 0.25) is 5.02 Å². The van der Waals surface area contributed by atoms with E-state index in [9.17, 15) is 4.39 Å². The number of para-hydroxylation sites is 1. The van der Waals surface area contributed by atoms with Crippen LogP contribution in [0.25, 0.3) is 0 Å². The largest absolute Gasteiger partial charge is 0.326 e. The zero-order chi connectivity index (χ0) is 12.4. The summed E-state index contributed by atoms with van der Waals surface area (Å²) in [5.41, 5.74) is 0.434. The van der Waals surface area contributed by atoms with Gasteiger partial charge in [0.05, 0.1) is 10.7 Å². The molecule has 0 saturated heterocycles. The first kappa shape index (κ1) is 12.3. The molecule has 0 atom stereocenters. The number of hydrogen-bond donors (Lipinski definition) is 0. The molecule has 1 aromatic carbocycles. The number of halogens is 3. The van der Waals surface area contributed by atoms with Gasteiger partial charge in [0.1, 0.15) is 5.82 Å². The van der Waals surface area contributed by atoms with E-state index in [1.807, 2.05) is 0 Å². The topological polar surface area (TPSA) is 16.1 Å². The second-order valence-corrected chi connectivity index (χ2v) is 4.79. The molecule has 2 rings (SSSR count). The second kappa shape index (κ2) is 5.02. The molecule has 0 N–H and O–H groups in total. The van der Waals surface area contributed by atoms with E-state index < -0.39 is 0 Å². The maximum absolute atomic E-state index is 13.6. The summed E-state index contributed by atoms with van der Waals surface area (Å²) in [6.07, 6.45) is 1.62. The molecule has 0 unspecified atom stereocenters. The minimum absolute atomic E-state index is 0.309. The van der Waals surface area contributed by atoms with Gasteiger partial charge in [0, 0.05) is 17.7 Å². The first-order valence-corrected chi connectivity index (χ1v) is 6.06. The molecule has 17 heavy (non-hydrogen) atoms. The van der Waals surface area contributed by atoms with Crippen molar-refractivity contribution in [3.63, 3.8) is 0 Å². The fourth-order valence-electron chi connectivity index (χ4n) is 1.49. The van der Waals surface area contributed by atoms with Gasteiger partial charge in [-0.15, -0.1) is 0 Å². The highest BCUT2D eigenvalue weighted by atomic mass is 79.9. The Kier molecular flexibility index (Phi) is 3.64. The van der Waals surface area contributed by atoms with Crippen LogP contribution in [0.5, 0.6) is 0 Å². The molecule has 0 bridgehead atoms. The molecule has 5 heteroatoms. The molecule has 0 saturated carbocycles. The Morgan fingerprint density at radius 1 is 1.35 bits per heavy atom. The minimum Gasteiger partial charge on any atom is -0.326 e. The zero-order valence-electron chi connectivity index (χ0n) is 8.99. The van der Waals surface area contributed by atoms with Gasteiger partial charge in [-0.2, -0.15) is 0 Å². The molecular weight excluding hydrogens is 307 g/mol. The Morgan fingerprint density at radius 2 is 2.06 bits per heavy atom. The fraction of sp³-hybridized carbons (Fsp3) is 0.0833. The first-order chi connectivity index (χ1) is 8.09. The van der Waals surface area contributed by atoms with Crippen molar-refractivity contribution in [3.05, 3.63) is 51.8 Å². The van der Waals surface area contributed by atoms with E-state index >= 15 is 0 Å². The van der Waals surface area contributed by atoms with Crippen LogP contribution in [-0.2, 0) is 0 Å². The lowest BCUT2D eigenvalue weighted by molar-refractivity contribution is 0.627. The van der Waals surface area contributed by atoms with Crippen molar-refractivity contribution in [2.45, 2.75) is 0 Å². The lowest BCUT2D eigenvalue weighted by Gasteiger charge is -2.19. The van der Waals surface area contributed by atoms with Crippen molar-refractivity contribution in [2.24, 2.45) is 0 Å². The summed E-state index contributed by atoms with van der Waals surface area (Å²) >= 11 is 9.35. The molecule has 0 fully saturated rings. The molecule has 0 aliphatic heterocycles. The monoisotopic (exact) mass is 314 g/mol. The van der Waals surface area contributed by atoms with Gasteiger partial charge in [-0.1, -0.05) is 23.7 Å². The Labute approximate surface area is 112 Å². The standard InChI is InChI=1S/C12H9BrClFN2/c1-17(11-5-3-2-4-10(11)15)12-9(14)6-8(13)7-16-12/h2-7H,1H3. The smallest absolute Gasteiger partial charge is 0.151 e. The van der Waals surface area contributed by atoms with E-state index in [0.29, 0.717) is 16.5 Å². The van der Waals surface area contributed by atoms with Crippen molar-refractivity contribution < 1.29 is 4.39 Å². The summed E-state index contributed by atoms with van der Waals surface area (Å²) in [6, 6.07) is 8.21. The van der Waals surface area contributed by atoms with Crippen molar-refractivity contribution in [2.75, 3.05) is 11.9 Å². The third kappa shape index (κ3) is 2.58. The number of pyridine rings is 1. The lowest BCUT2D eigenvalue weighted by atomic mass is 10.3. The lowest BCUT2D eigenvalue weighted by Crippen LogP contribution is -2.13. The van der Waals surface area contributed by atoms with Gasteiger partial charge in [0.25, 0.3) is 0 Å². The fourth-order valence-corrected chi connectivity index (χ4v) is 2.25. The van der Waals surface area contributed by atoms with Crippen LogP contribution in [0.15, 0.2) is 41.0 Å². The molecule has 1 aromatic heterocycles. The Bertz CT molecular complexity index is 548. The summed E-state index contributed by atoms with van der Waals surface area (Å²) in [4.78, 5) is 5.79. The Balaban J connectivity index is 2.44. The van der Waals surface area contributed by atoms with Crippen molar-refractivity contribution in [3.8, 4) is 0 Å². The highest BCUT2D eigenvalue weighted by Gasteiger charge is 2.13. The van der Waals surface area contributed by atoms with Gasteiger partial charge < -0.3 is 4.90 Å². The average Bonchev–Trinajstić information content (AvgIpc) is 2.29. The van der Waals surface area contributed by atoms with E-state index in [-0.39, 0.29) is 5.82 Å². The maximum Gasteiger partial charge on any atom is 0.151 e. The third-order valence-electron chi connectivity index (χ3n) is 2.32. The van der Waals surface area contributed by atoms with Crippen LogP contribution in [0.3, 0.4) is 0 Å². The molecule has 1 heterocycles. The predicted molar refractivity (Wildman–Crippen MR) is 71.4 cm³/mol. The molecule has 0 radical (unpaired) electrons. The van der Waals surface area contributed by atoms with Crippen LogP contribution in [0.4, 0.5) is 15.9 Å². The maximum atomic E-state index is 13.6. The first-order valence-electron chi connectivity index (χ1n) is 4.89.